The molecule has 2 nitrogen and oxygen atoms in total. The molecule has 0 saturated heterocycles. The summed E-state index contributed by atoms with van der Waals surface area (Å²) < 4.78 is 0. The second-order valence-corrected chi connectivity index (χ2v) is 4.33. The minimum Gasteiger partial charge on any atom is -0.371 e. The second kappa shape index (κ2) is 4.67. The van der Waals surface area contributed by atoms with Gasteiger partial charge in [0.05, 0.1) is 0 Å². The highest BCUT2D eigenvalue weighted by atomic mass is 15.1. The Labute approximate surface area is 92.3 Å². The molecule has 0 spiro atoms. The molecule has 0 fully saturated rings. The molecule has 1 aromatic rings. The van der Waals surface area contributed by atoms with Crippen molar-refractivity contribution in [1.29, 1.82) is 0 Å². The summed E-state index contributed by atoms with van der Waals surface area (Å²) in [6.45, 7) is 5.65. The predicted molar refractivity (Wildman–Crippen MR) is 65.6 cm³/mol. The van der Waals surface area contributed by atoms with Gasteiger partial charge in [-0.3, -0.25) is 0 Å². The molecule has 1 aliphatic heterocycles. The van der Waals surface area contributed by atoms with Gasteiger partial charge in [0.1, 0.15) is 0 Å². The van der Waals surface area contributed by atoms with E-state index in [-0.39, 0.29) is 0 Å². The lowest BCUT2D eigenvalue weighted by Gasteiger charge is -2.19. The van der Waals surface area contributed by atoms with Crippen molar-refractivity contribution in [2.45, 2.75) is 19.8 Å². The Bertz CT molecular complexity index is 333. The van der Waals surface area contributed by atoms with E-state index < -0.39 is 0 Å². The lowest BCUT2D eigenvalue weighted by Crippen LogP contribution is -2.24. The molecule has 0 saturated carbocycles. The number of hydrogen-bond acceptors (Lipinski definition) is 2. The van der Waals surface area contributed by atoms with Gasteiger partial charge in [-0.05, 0) is 45.0 Å². The van der Waals surface area contributed by atoms with Gasteiger partial charge in [-0.15, -0.1) is 0 Å². The van der Waals surface area contributed by atoms with Crippen LogP contribution in [0.15, 0.2) is 18.2 Å². The van der Waals surface area contributed by atoms with E-state index in [0.29, 0.717) is 0 Å². The number of rotatable bonds is 4. The van der Waals surface area contributed by atoms with Crippen molar-refractivity contribution in [2.75, 3.05) is 31.6 Å². The number of hydrogen-bond donors (Lipinski definition) is 1. The average molecular weight is 204 g/mol. The van der Waals surface area contributed by atoms with E-state index in [4.69, 9.17) is 0 Å². The summed E-state index contributed by atoms with van der Waals surface area (Å²) in [6.07, 6.45) is 2.44. The molecule has 1 heterocycles. The Morgan fingerprint density at radius 1 is 1.40 bits per heavy atom. The van der Waals surface area contributed by atoms with Crippen molar-refractivity contribution < 1.29 is 0 Å². The molecule has 2 rings (SSSR count). The first-order valence-corrected chi connectivity index (χ1v) is 5.80. The van der Waals surface area contributed by atoms with Gasteiger partial charge in [0.25, 0.3) is 0 Å². The Kier molecular flexibility index (Phi) is 3.27. The molecule has 0 radical (unpaired) electrons. The third kappa shape index (κ3) is 2.32. The normalized spacial score (nSPS) is 14.4. The van der Waals surface area contributed by atoms with E-state index in [2.05, 4.69) is 35.3 Å². The van der Waals surface area contributed by atoms with Gasteiger partial charge in [-0.2, -0.15) is 0 Å². The first-order chi connectivity index (χ1) is 7.31. The zero-order valence-corrected chi connectivity index (χ0v) is 9.71. The van der Waals surface area contributed by atoms with Gasteiger partial charge >= 0.3 is 0 Å². The topological polar surface area (TPSA) is 15.3 Å². The number of anilines is 1. The standard InChI is InChI=1S/C13H20N2/c1-11-4-5-13-12(10-11)6-9-15(13)8-3-7-14-2/h4-5,10,14H,3,6-9H2,1-2H3. The fourth-order valence-electron chi connectivity index (χ4n) is 2.28. The van der Waals surface area contributed by atoms with Crippen molar-refractivity contribution in [2.24, 2.45) is 0 Å². The van der Waals surface area contributed by atoms with E-state index in [0.717, 1.165) is 6.54 Å². The van der Waals surface area contributed by atoms with Crippen molar-refractivity contribution in [3.63, 3.8) is 0 Å². The lowest BCUT2D eigenvalue weighted by molar-refractivity contribution is 0.696. The van der Waals surface area contributed by atoms with E-state index in [1.165, 1.54) is 42.7 Å². The molecular formula is C13H20N2. The van der Waals surface area contributed by atoms with Gasteiger partial charge in [-0.25, -0.2) is 0 Å². The zero-order valence-electron chi connectivity index (χ0n) is 9.71. The number of benzene rings is 1. The Hall–Kier alpha value is -1.02. The summed E-state index contributed by atoms with van der Waals surface area (Å²) in [5.41, 5.74) is 4.36. The van der Waals surface area contributed by atoms with Crippen LogP contribution in [0.4, 0.5) is 5.69 Å². The fourth-order valence-corrected chi connectivity index (χ4v) is 2.28. The Balaban J connectivity index is 2.02. The second-order valence-electron chi connectivity index (χ2n) is 4.33. The van der Waals surface area contributed by atoms with Gasteiger partial charge in [0, 0.05) is 18.8 Å². The quantitative estimate of drug-likeness (QED) is 0.754. The zero-order chi connectivity index (χ0) is 10.7. The van der Waals surface area contributed by atoms with Crippen LogP contribution in [0, 0.1) is 6.92 Å². The highest BCUT2D eigenvalue weighted by Gasteiger charge is 2.17. The first kappa shape index (κ1) is 10.5. The lowest BCUT2D eigenvalue weighted by atomic mass is 10.1. The van der Waals surface area contributed by atoms with Crippen LogP contribution in [0.5, 0.6) is 0 Å². The summed E-state index contributed by atoms with van der Waals surface area (Å²) >= 11 is 0. The maximum absolute atomic E-state index is 3.20. The summed E-state index contributed by atoms with van der Waals surface area (Å²) in [6, 6.07) is 6.82. The molecule has 0 bridgehead atoms. The van der Waals surface area contributed by atoms with Crippen LogP contribution in [-0.2, 0) is 6.42 Å². The monoisotopic (exact) mass is 204 g/mol. The maximum atomic E-state index is 3.20. The van der Waals surface area contributed by atoms with Crippen molar-refractivity contribution in [3.8, 4) is 0 Å². The summed E-state index contributed by atoms with van der Waals surface area (Å²) in [4.78, 5) is 2.51. The molecule has 15 heavy (non-hydrogen) atoms. The molecule has 0 aromatic heterocycles. The van der Waals surface area contributed by atoms with E-state index in [1.807, 2.05) is 7.05 Å². The van der Waals surface area contributed by atoms with E-state index >= 15 is 0 Å². The number of fused-ring (bicyclic) bond motifs is 1. The molecule has 1 aliphatic rings. The van der Waals surface area contributed by atoms with Crippen molar-refractivity contribution >= 4 is 5.69 Å². The highest BCUT2D eigenvalue weighted by molar-refractivity contribution is 5.58. The van der Waals surface area contributed by atoms with Crippen LogP contribution in [0.1, 0.15) is 17.5 Å². The SMILES string of the molecule is CNCCCN1CCc2cc(C)ccc21. The Morgan fingerprint density at radius 3 is 3.07 bits per heavy atom. The molecule has 82 valence electrons. The third-order valence-electron chi connectivity index (χ3n) is 3.08. The molecule has 0 atom stereocenters. The molecule has 1 N–H and O–H groups in total. The largest absolute Gasteiger partial charge is 0.371 e. The minimum atomic E-state index is 1.11. The Morgan fingerprint density at radius 2 is 2.27 bits per heavy atom. The summed E-state index contributed by atoms with van der Waals surface area (Å²) in [7, 11) is 2.02. The van der Waals surface area contributed by atoms with Gasteiger partial charge in [0.2, 0.25) is 0 Å². The maximum Gasteiger partial charge on any atom is 0.0399 e. The van der Waals surface area contributed by atoms with Crippen LogP contribution < -0.4 is 10.2 Å². The predicted octanol–water partition coefficient (Wildman–Crippen LogP) is 1.97. The van der Waals surface area contributed by atoms with Crippen LogP contribution in [0.3, 0.4) is 0 Å². The van der Waals surface area contributed by atoms with Crippen LogP contribution >= 0.6 is 0 Å². The molecular weight excluding hydrogens is 184 g/mol. The molecule has 1 aromatic carbocycles. The molecule has 0 amide bonds. The van der Waals surface area contributed by atoms with Gasteiger partial charge in [0.15, 0.2) is 0 Å². The molecule has 0 aliphatic carbocycles. The fraction of sp³-hybridized carbons (Fsp3) is 0.538. The molecule has 0 unspecified atom stereocenters. The number of aryl methyl sites for hydroxylation is 1. The minimum absolute atomic E-state index is 1.11. The van der Waals surface area contributed by atoms with Gasteiger partial charge < -0.3 is 10.2 Å². The number of nitrogens with one attached hydrogen (secondary N) is 1. The van der Waals surface area contributed by atoms with Crippen molar-refractivity contribution in [1.82, 2.24) is 5.32 Å². The summed E-state index contributed by atoms with van der Waals surface area (Å²) in [5.74, 6) is 0. The smallest absolute Gasteiger partial charge is 0.0399 e. The average Bonchev–Trinajstić information content (AvgIpc) is 2.61. The highest BCUT2D eigenvalue weighted by Crippen LogP contribution is 2.28. The third-order valence-corrected chi connectivity index (χ3v) is 3.08. The number of nitrogens with zero attached hydrogens (tertiary/aromatic N) is 1. The van der Waals surface area contributed by atoms with Crippen molar-refractivity contribution in [3.05, 3.63) is 29.3 Å². The van der Waals surface area contributed by atoms with Gasteiger partial charge in [-0.1, -0.05) is 17.7 Å². The van der Waals surface area contributed by atoms with Crippen LogP contribution in [-0.4, -0.2) is 26.7 Å². The van der Waals surface area contributed by atoms with E-state index in [9.17, 15) is 0 Å². The summed E-state index contributed by atoms with van der Waals surface area (Å²) in [5, 5.41) is 3.20. The van der Waals surface area contributed by atoms with Crippen LogP contribution in [0.25, 0.3) is 0 Å². The first-order valence-electron chi connectivity index (χ1n) is 5.80. The van der Waals surface area contributed by atoms with Crippen LogP contribution in [0.2, 0.25) is 0 Å². The molecule has 2 heteroatoms. The van der Waals surface area contributed by atoms with E-state index in [1.54, 1.807) is 0 Å².